The molecule has 0 aliphatic carbocycles. The minimum atomic E-state index is -0.763. The Morgan fingerprint density at radius 1 is 1.28 bits per heavy atom. The van der Waals surface area contributed by atoms with Crippen LogP contribution in [-0.4, -0.2) is 48.3 Å². The van der Waals surface area contributed by atoms with E-state index < -0.39 is 5.97 Å². The Bertz CT molecular complexity index is 233. The van der Waals surface area contributed by atoms with E-state index in [-0.39, 0.29) is 12.5 Å². The molecule has 1 heterocycles. The lowest BCUT2D eigenvalue weighted by Crippen LogP contribution is -2.43. The van der Waals surface area contributed by atoms with Crippen molar-refractivity contribution in [2.75, 3.05) is 26.2 Å². The van der Waals surface area contributed by atoms with Crippen LogP contribution in [0.5, 0.6) is 0 Å². The standard InChI is InChI=1S/C14H27NO3/c1-2-3-4-5-6-7-8-15-9-10-18-13(12-15)11-14(16)17/h13H,2-12H2,1H3,(H,16,17). The van der Waals surface area contributed by atoms with E-state index in [4.69, 9.17) is 9.84 Å². The fourth-order valence-electron chi connectivity index (χ4n) is 2.42. The molecule has 1 atom stereocenters. The number of morpholine rings is 1. The van der Waals surface area contributed by atoms with Gasteiger partial charge in [0.25, 0.3) is 0 Å². The number of aliphatic carboxylic acids is 1. The molecule has 4 heteroatoms. The van der Waals surface area contributed by atoms with E-state index in [9.17, 15) is 4.79 Å². The van der Waals surface area contributed by atoms with E-state index >= 15 is 0 Å². The highest BCUT2D eigenvalue weighted by Gasteiger charge is 2.21. The Morgan fingerprint density at radius 2 is 2.00 bits per heavy atom. The van der Waals surface area contributed by atoms with Gasteiger partial charge in [-0.15, -0.1) is 0 Å². The molecule has 18 heavy (non-hydrogen) atoms. The van der Waals surface area contributed by atoms with Gasteiger partial charge in [-0.2, -0.15) is 0 Å². The molecule has 0 aromatic rings. The minimum Gasteiger partial charge on any atom is -0.481 e. The quantitative estimate of drug-likeness (QED) is 0.645. The Kier molecular flexibility index (Phi) is 8.01. The largest absolute Gasteiger partial charge is 0.481 e. The second-order valence-electron chi connectivity index (χ2n) is 5.16. The van der Waals surface area contributed by atoms with Crippen LogP contribution in [0.4, 0.5) is 0 Å². The molecule has 0 radical (unpaired) electrons. The zero-order valence-electron chi connectivity index (χ0n) is 11.6. The number of unbranched alkanes of at least 4 members (excludes halogenated alkanes) is 5. The molecule has 0 aromatic heterocycles. The Labute approximate surface area is 110 Å². The predicted molar refractivity (Wildman–Crippen MR) is 71.8 cm³/mol. The summed E-state index contributed by atoms with van der Waals surface area (Å²) >= 11 is 0. The maximum Gasteiger partial charge on any atom is 0.306 e. The first-order valence-corrected chi connectivity index (χ1v) is 7.28. The van der Waals surface area contributed by atoms with Gasteiger partial charge in [0.2, 0.25) is 0 Å². The molecule has 1 unspecified atom stereocenters. The second-order valence-corrected chi connectivity index (χ2v) is 5.16. The van der Waals surface area contributed by atoms with Gasteiger partial charge in [0.15, 0.2) is 0 Å². The third-order valence-electron chi connectivity index (χ3n) is 3.45. The first-order valence-electron chi connectivity index (χ1n) is 7.28. The summed E-state index contributed by atoms with van der Waals surface area (Å²) in [4.78, 5) is 13.0. The van der Waals surface area contributed by atoms with Crippen LogP contribution in [0.3, 0.4) is 0 Å². The summed E-state index contributed by atoms with van der Waals surface area (Å²) in [7, 11) is 0. The average Bonchev–Trinajstić information content (AvgIpc) is 2.33. The van der Waals surface area contributed by atoms with Crippen LogP contribution in [0.25, 0.3) is 0 Å². The molecule has 1 fully saturated rings. The van der Waals surface area contributed by atoms with Crippen LogP contribution in [0.1, 0.15) is 51.9 Å². The van der Waals surface area contributed by atoms with Crippen LogP contribution in [0, 0.1) is 0 Å². The molecule has 4 nitrogen and oxygen atoms in total. The lowest BCUT2D eigenvalue weighted by molar-refractivity contribution is -0.142. The lowest BCUT2D eigenvalue weighted by Gasteiger charge is -2.32. The minimum absolute atomic E-state index is 0.114. The fraction of sp³-hybridized carbons (Fsp3) is 0.929. The van der Waals surface area contributed by atoms with E-state index in [1.54, 1.807) is 0 Å². The Morgan fingerprint density at radius 3 is 2.72 bits per heavy atom. The van der Waals surface area contributed by atoms with E-state index in [1.807, 2.05) is 0 Å². The van der Waals surface area contributed by atoms with Gasteiger partial charge in [-0.25, -0.2) is 0 Å². The maximum absolute atomic E-state index is 10.6. The number of carbonyl (C=O) groups is 1. The molecule has 0 aromatic carbocycles. The number of carboxylic acid groups (broad SMARTS) is 1. The Balaban J connectivity index is 2.05. The van der Waals surface area contributed by atoms with E-state index in [0.717, 1.165) is 19.6 Å². The van der Waals surface area contributed by atoms with Crippen LogP contribution < -0.4 is 0 Å². The molecule has 1 N–H and O–H groups in total. The third kappa shape index (κ3) is 6.97. The average molecular weight is 257 g/mol. The number of rotatable bonds is 9. The highest BCUT2D eigenvalue weighted by molar-refractivity contribution is 5.67. The van der Waals surface area contributed by atoms with Gasteiger partial charge in [-0.1, -0.05) is 39.0 Å². The van der Waals surface area contributed by atoms with E-state index in [1.165, 1.54) is 38.5 Å². The smallest absolute Gasteiger partial charge is 0.306 e. The van der Waals surface area contributed by atoms with Crippen LogP contribution >= 0.6 is 0 Å². The summed E-state index contributed by atoms with van der Waals surface area (Å²) < 4.78 is 5.46. The molecule has 1 aliphatic rings. The zero-order chi connectivity index (χ0) is 13.2. The van der Waals surface area contributed by atoms with Crippen LogP contribution in [-0.2, 0) is 9.53 Å². The summed E-state index contributed by atoms with van der Waals surface area (Å²) in [5.74, 6) is -0.763. The molecule has 1 rings (SSSR count). The van der Waals surface area contributed by atoms with Crippen molar-refractivity contribution in [3.63, 3.8) is 0 Å². The number of hydrogen-bond acceptors (Lipinski definition) is 3. The number of hydrogen-bond donors (Lipinski definition) is 1. The van der Waals surface area contributed by atoms with Crippen molar-refractivity contribution < 1.29 is 14.6 Å². The first-order chi connectivity index (χ1) is 8.72. The van der Waals surface area contributed by atoms with Gasteiger partial charge in [0.1, 0.15) is 0 Å². The first kappa shape index (κ1) is 15.4. The Hall–Kier alpha value is -0.610. The lowest BCUT2D eigenvalue weighted by atomic mass is 10.1. The van der Waals surface area contributed by atoms with Crippen molar-refractivity contribution in [3.8, 4) is 0 Å². The van der Waals surface area contributed by atoms with Gasteiger partial charge in [0, 0.05) is 13.1 Å². The highest BCUT2D eigenvalue weighted by atomic mass is 16.5. The zero-order valence-corrected chi connectivity index (χ0v) is 11.6. The van der Waals surface area contributed by atoms with Crippen molar-refractivity contribution in [2.45, 2.75) is 58.0 Å². The molecular formula is C14H27NO3. The summed E-state index contributed by atoms with van der Waals surface area (Å²) in [6, 6.07) is 0. The predicted octanol–water partition coefficient (Wildman–Crippen LogP) is 2.52. The van der Waals surface area contributed by atoms with Crippen molar-refractivity contribution in [3.05, 3.63) is 0 Å². The van der Waals surface area contributed by atoms with Crippen LogP contribution in [0.15, 0.2) is 0 Å². The molecule has 106 valence electrons. The van der Waals surface area contributed by atoms with Crippen molar-refractivity contribution >= 4 is 5.97 Å². The van der Waals surface area contributed by atoms with Crippen molar-refractivity contribution in [1.29, 1.82) is 0 Å². The molecule has 0 saturated carbocycles. The summed E-state index contributed by atoms with van der Waals surface area (Å²) in [5.41, 5.74) is 0. The normalized spacial score (nSPS) is 21.1. The summed E-state index contributed by atoms with van der Waals surface area (Å²) in [6.45, 7) is 5.72. The van der Waals surface area contributed by atoms with Crippen molar-refractivity contribution in [1.82, 2.24) is 4.90 Å². The number of carboxylic acids is 1. The number of ether oxygens (including phenoxy) is 1. The fourth-order valence-corrected chi connectivity index (χ4v) is 2.42. The second kappa shape index (κ2) is 9.34. The summed E-state index contributed by atoms with van der Waals surface area (Å²) in [6.07, 6.45) is 7.85. The molecule has 0 spiro atoms. The van der Waals surface area contributed by atoms with E-state index in [0.29, 0.717) is 6.61 Å². The summed E-state index contributed by atoms with van der Waals surface area (Å²) in [5, 5.41) is 8.75. The molecule has 1 saturated heterocycles. The SMILES string of the molecule is CCCCCCCCN1CCOC(CC(=O)O)C1. The molecular weight excluding hydrogens is 230 g/mol. The van der Waals surface area contributed by atoms with Gasteiger partial charge in [-0.05, 0) is 13.0 Å². The monoisotopic (exact) mass is 257 g/mol. The molecule has 0 amide bonds. The van der Waals surface area contributed by atoms with Gasteiger partial charge < -0.3 is 9.84 Å². The van der Waals surface area contributed by atoms with Gasteiger partial charge in [0.05, 0.1) is 19.1 Å². The van der Waals surface area contributed by atoms with Gasteiger partial charge in [-0.3, -0.25) is 9.69 Å². The van der Waals surface area contributed by atoms with Crippen molar-refractivity contribution in [2.24, 2.45) is 0 Å². The third-order valence-corrected chi connectivity index (χ3v) is 3.45. The maximum atomic E-state index is 10.6. The molecule has 0 bridgehead atoms. The number of nitrogens with zero attached hydrogens (tertiary/aromatic N) is 1. The van der Waals surface area contributed by atoms with Crippen LogP contribution in [0.2, 0.25) is 0 Å². The molecule has 1 aliphatic heterocycles. The van der Waals surface area contributed by atoms with E-state index in [2.05, 4.69) is 11.8 Å². The van der Waals surface area contributed by atoms with Gasteiger partial charge >= 0.3 is 5.97 Å². The topological polar surface area (TPSA) is 49.8 Å². The highest BCUT2D eigenvalue weighted by Crippen LogP contribution is 2.11.